The second kappa shape index (κ2) is 10.7. The molecule has 3 nitrogen and oxygen atoms in total. The first-order valence-corrected chi connectivity index (χ1v) is 16.9. The van der Waals surface area contributed by atoms with Crippen LogP contribution in [0, 0.1) is 63.6 Å². The molecule has 0 amide bonds. The first kappa shape index (κ1) is 29.2. The number of fused-ring (bicyclic) bond motifs is 8. The number of benzene rings is 1. The average Bonchev–Trinajstić information content (AvgIpc) is 3.31. The molecular formula is C38H54O3. The van der Waals surface area contributed by atoms with Gasteiger partial charge < -0.3 is 4.74 Å². The third-order valence-electron chi connectivity index (χ3n) is 13.7. The van der Waals surface area contributed by atoms with Gasteiger partial charge in [-0.3, -0.25) is 9.59 Å². The average molecular weight is 559 g/mol. The smallest absolute Gasteiger partial charge is 0.319 e. The number of hydrogen-bond acceptors (Lipinski definition) is 3. The molecule has 5 aliphatic carbocycles. The topological polar surface area (TPSA) is 43.4 Å². The van der Waals surface area contributed by atoms with Gasteiger partial charge >= 0.3 is 5.97 Å². The molecule has 4 fully saturated rings. The van der Waals surface area contributed by atoms with E-state index in [0.29, 0.717) is 30.1 Å². The Kier molecular flexibility index (Phi) is 7.60. The molecule has 10 atom stereocenters. The van der Waals surface area contributed by atoms with E-state index in [1.54, 1.807) is 0 Å². The van der Waals surface area contributed by atoms with Gasteiger partial charge in [0, 0.05) is 5.92 Å². The fraction of sp³-hybridized carbons (Fsp3) is 0.737. The van der Waals surface area contributed by atoms with Gasteiger partial charge in [-0.1, -0.05) is 90.3 Å². The minimum Gasteiger partial charge on any atom is -0.468 e. The predicted molar refractivity (Wildman–Crippen MR) is 166 cm³/mol. The maximum Gasteiger partial charge on any atom is 0.319 e. The maximum absolute atomic E-state index is 14.4. The van der Waals surface area contributed by atoms with Crippen molar-refractivity contribution >= 4 is 17.3 Å². The molecule has 1 aromatic rings. The number of ether oxygens (including phenoxy) is 1. The molecule has 2 bridgehead atoms. The Bertz CT molecular complexity index is 1180. The maximum atomic E-state index is 14.4. The van der Waals surface area contributed by atoms with Crippen molar-refractivity contribution in [2.45, 2.75) is 105 Å². The first-order valence-electron chi connectivity index (χ1n) is 16.9. The highest BCUT2D eigenvalue weighted by molar-refractivity contribution is 6.11. The van der Waals surface area contributed by atoms with E-state index in [0.717, 1.165) is 41.6 Å². The number of carbonyl (C=O) groups is 2. The summed E-state index contributed by atoms with van der Waals surface area (Å²) < 4.78 is 5.42. The highest BCUT2D eigenvalue weighted by Crippen LogP contribution is 2.71. The van der Waals surface area contributed by atoms with Crippen LogP contribution in [0.15, 0.2) is 36.4 Å². The lowest BCUT2D eigenvalue weighted by atomic mass is 9.38. The molecule has 6 rings (SSSR count). The van der Waals surface area contributed by atoms with Gasteiger partial charge in [-0.25, -0.2) is 0 Å². The summed E-state index contributed by atoms with van der Waals surface area (Å²) in [6.45, 7) is 12.4. The first-order chi connectivity index (χ1) is 19.6. The Morgan fingerprint density at radius 1 is 0.927 bits per heavy atom. The summed E-state index contributed by atoms with van der Waals surface area (Å²) in [5, 5.41) is 0. The van der Waals surface area contributed by atoms with Crippen molar-refractivity contribution in [2.75, 3.05) is 7.11 Å². The van der Waals surface area contributed by atoms with Crippen molar-refractivity contribution in [3.63, 3.8) is 0 Å². The summed E-state index contributed by atoms with van der Waals surface area (Å²) in [5.41, 5.74) is 1.72. The van der Waals surface area contributed by atoms with E-state index >= 15 is 0 Å². The fourth-order valence-electron chi connectivity index (χ4n) is 11.9. The van der Waals surface area contributed by atoms with Crippen LogP contribution < -0.4 is 0 Å². The summed E-state index contributed by atoms with van der Waals surface area (Å²) >= 11 is 0. The zero-order valence-electron chi connectivity index (χ0n) is 26.6. The van der Waals surface area contributed by atoms with E-state index < -0.39 is 5.41 Å². The van der Waals surface area contributed by atoms with E-state index in [1.165, 1.54) is 64.0 Å². The Morgan fingerprint density at radius 3 is 2.34 bits per heavy atom. The standard InChI is InChI=1S/C38H54O3/c1-24(2)11-10-12-25(3)29-17-18-30-28-15-16-32-33-27(26-13-8-7-9-14-26)19-22-38(34(33)39,35(40)41-6)23-37(32,5)31(28)20-21-36(29,30)4/h7-9,13-14,19,24-25,28-33H,10-12,15-18,20-23H2,1-6H3/t25-,28+,29-,30+,31+,32?,33?,36-,37-,38?/m1/s1. The van der Waals surface area contributed by atoms with Crippen molar-refractivity contribution in [1.29, 1.82) is 0 Å². The van der Waals surface area contributed by atoms with Gasteiger partial charge in [-0.15, -0.1) is 0 Å². The summed E-state index contributed by atoms with van der Waals surface area (Å²) in [6.07, 6.45) is 15.2. The molecular weight excluding hydrogens is 504 g/mol. The summed E-state index contributed by atoms with van der Waals surface area (Å²) in [7, 11) is 1.47. The van der Waals surface area contributed by atoms with Gasteiger partial charge in [0.1, 0.15) is 5.41 Å². The molecule has 0 radical (unpaired) electrons. The van der Waals surface area contributed by atoms with Crippen LogP contribution in [0.4, 0.5) is 0 Å². The number of Topliss-reactive ketones (excluding diaryl/α,β-unsaturated/α-hetero) is 1. The van der Waals surface area contributed by atoms with Crippen LogP contribution in [0.1, 0.15) is 111 Å². The van der Waals surface area contributed by atoms with Crippen molar-refractivity contribution < 1.29 is 14.3 Å². The lowest BCUT2D eigenvalue weighted by Gasteiger charge is -2.64. The van der Waals surface area contributed by atoms with E-state index in [4.69, 9.17) is 4.74 Å². The Morgan fingerprint density at radius 2 is 1.63 bits per heavy atom. The quantitative estimate of drug-likeness (QED) is 0.247. The minimum absolute atomic E-state index is 0.0216. The normalized spacial score (nSPS) is 42.1. The number of ketones is 1. The molecule has 0 N–H and O–H groups in total. The van der Waals surface area contributed by atoms with Gasteiger partial charge in [0.15, 0.2) is 5.78 Å². The number of hydrogen-bond donors (Lipinski definition) is 0. The lowest BCUT2D eigenvalue weighted by Crippen LogP contribution is -2.63. The second-order valence-corrected chi connectivity index (χ2v) is 15.9. The van der Waals surface area contributed by atoms with Crippen molar-refractivity contribution in [2.24, 2.45) is 63.6 Å². The molecule has 3 heteroatoms. The van der Waals surface area contributed by atoms with E-state index in [1.807, 2.05) is 6.07 Å². The van der Waals surface area contributed by atoms with Crippen molar-refractivity contribution in [3.8, 4) is 0 Å². The molecule has 5 aliphatic rings. The lowest BCUT2D eigenvalue weighted by molar-refractivity contribution is -0.183. The third kappa shape index (κ3) is 4.41. The molecule has 0 heterocycles. The summed E-state index contributed by atoms with van der Waals surface area (Å²) in [4.78, 5) is 27.9. The van der Waals surface area contributed by atoms with Crippen LogP contribution in [0.2, 0.25) is 0 Å². The molecule has 0 aliphatic heterocycles. The monoisotopic (exact) mass is 558 g/mol. The molecule has 0 aromatic heterocycles. The van der Waals surface area contributed by atoms with Gasteiger partial charge in [0.2, 0.25) is 0 Å². The zero-order valence-corrected chi connectivity index (χ0v) is 26.6. The van der Waals surface area contributed by atoms with Crippen molar-refractivity contribution in [1.82, 2.24) is 0 Å². The Labute approximate surface area is 249 Å². The van der Waals surface area contributed by atoms with Crippen LogP contribution in [0.3, 0.4) is 0 Å². The van der Waals surface area contributed by atoms with E-state index in [2.05, 4.69) is 65.0 Å². The fourth-order valence-corrected chi connectivity index (χ4v) is 11.9. The second-order valence-electron chi connectivity index (χ2n) is 15.9. The molecule has 3 unspecified atom stereocenters. The zero-order chi connectivity index (χ0) is 29.2. The minimum atomic E-state index is -1.02. The number of esters is 1. The molecule has 224 valence electrons. The Hall–Kier alpha value is -1.90. The SMILES string of the molecule is COC(=O)C12CC=C(c3ccccc3)C(C1=O)C1CC[C@H]3[C@@H]4CC[C@H]([C@H](C)CCCC(C)C)[C@@]4(C)CC[C@@H]3[C@@]1(C)C2. The van der Waals surface area contributed by atoms with Crippen LogP contribution >= 0.6 is 0 Å². The number of rotatable bonds is 7. The van der Waals surface area contributed by atoms with Crippen molar-refractivity contribution in [3.05, 3.63) is 42.0 Å². The van der Waals surface area contributed by atoms with Crippen LogP contribution in [0.5, 0.6) is 0 Å². The summed E-state index contributed by atoms with van der Waals surface area (Å²) in [5.74, 6) is 4.48. The van der Waals surface area contributed by atoms with Gasteiger partial charge in [0.05, 0.1) is 7.11 Å². The molecule has 41 heavy (non-hydrogen) atoms. The summed E-state index contributed by atoms with van der Waals surface area (Å²) in [6, 6.07) is 10.5. The molecule has 0 spiro atoms. The number of methoxy groups -OCH3 is 1. The van der Waals surface area contributed by atoms with Crippen LogP contribution in [-0.4, -0.2) is 18.9 Å². The van der Waals surface area contributed by atoms with Gasteiger partial charge in [-0.2, -0.15) is 0 Å². The molecule has 0 saturated heterocycles. The number of carbonyl (C=O) groups excluding carboxylic acids is 2. The predicted octanol–water partition coefficient (Wildman–Crippen LogP) is 9.16. The van der Waals surface area contributed by atoms with Gasteiger partial charge in [-0.05, 0) is 115 Å². The number of allylic oxidation sites excluding steroid dienone is 2. The molecule has 4 saturated carbocycles. The largest absolute Gasteiger partial charge is 0.468 e. The van der Waals surface area contributed by atoms with Crippen LogP contribution in [0.25, 0.3) is 5.57 Å². The molecule has 1 aromatic carbocycles. The van der Waals surface area contributed by atoms with E-state index in [9.17, 15) is 9.59 Å². The highest BCUT2D eigenvalue weighted by Gasteiger charge is 2.69. The third-order valence-corrected chi connectivity index (χ3v) is 13.7. The van der Waals surface area contributed by atoms with E-state index in [-0.39, 0.29) is 23.1 Å². The Balaban J connectivity index is 1.31. The van der Waals surface area contributed by atoms with Crippen LogP contribution in [-0.2, 0) is 14.3 Å². The highest BCUT2D eigenvalue weighted by atomic mass is 16.5. The van der Waals surface area contributed by atoms with Gasteiger partial charge in [0.25, 0.3) is 0 Å².